The topological polar surface area (TPSA) is 68.6 Å². The summed E-state index contributed by atoms with van der Waals surface area (Å²) < 4.78 is 0. The highest BCUT2D eigenvalue weighted by molar-refractivity contribution is 5.60. The highest BCUT2D eigenvalue weighted by Crippen LogP contribution is 2.11. The van der Waals surface area contributed by atoms with Crippen LogP contribution >= 0.6 is 0 Å². The summed E-state index contributed by atoms with van der Waals surface area (Å²) in [5.41, 5.74) is 0. The van der Waals surface area contributed by atoms with Crippen molar-refractivity contribution in [2.24, 2.45) is 0 Å². The Bertz CT molecular complexity index is 446. The third-order valence-corrected chi connectivity index (χ3v) is 2.10. The van der Waals surface area contributed by atoms with Gasteiger partial charge in [0, 0.05) is 31.2 Å². The van der Waals surface area contributed by atoms with Gasteiger partial charge in [-0.1, -0.05) is 0 Å². The first-order valence-electron chi connectivity index (χ1n) is 4.88. The molecule has 0 saturated heterocycles. The van der Waals surface area contributed by atoms with Crippen LogP contribution in [0.15, 0.2) is 36.9 Å². The monoisotopic (exact) mass is 214 g/mol. The number of aldehydes is 1. The van der Waals surface area contributed by atoms with Crippen LogP contribution in [-0.4, -0.2) is 26.2 Å². The molecule has 5 nitrogen and oxygen atoms in total. The lowest BCUT2D eigenvalue weighted by atomic mass is 10.1. The average molecular weight is 214 g/mol. The van der Waals surface area contributed by atoms with E-state index in [0.717, 1.165) is 6.29 Å². The minimum Gasteiger partial charge on any atom is -0.303 e. The fourth-order valence-corrected chi connectivity index (χ4v) is 1.33. The van der Waals surface area contributed by atoms with Crippen LogP contribution in [-0.2, 0) is 11.2 Å². The molecule has 16 heavy (non-hydrogen) atoms. The maximum Gasteiger partial charge on any atom is 0.138 e. The van der Waals surface area contributed by atoms with Gasteiger partial charge in [-0.3, -0.25) is 0 Å². The molecular formula is C11H10N4O. The normalized spacial score (nSPS) is 12.0. The molecule has 0 spiro atoms. The molecule has 2 rings (SSSR count). The van der Waals surface area contributed by atoms with E-state index in [9.17, 15) is 4.79 Å². The molecule has 0 bridgehead atoms. The summed E-state index contributed by atoms with van der Waals surface area (Å²) in [4.78, 5) is 27.2. The van der Waals surface area contributed by atoms with Crippen molar-refractivity contribution < 1.29 is 4.79 Å². The smallest absolute Gasteiger partial charge is 0.138 e. The van der Waals surface area contributed by atoms with Crippen LogP contribution in [0.3, 0.4) is 0 Å². The second kappa shape index (κ2) is 5.06. The molecular weight excluding hydrogens is 204 g/mol. The predicted molar refractivity (Wildman–Crippen MR) is 56.6 cm³/mol. The summed E-state index contributed by atoms with van der Waals surface area (Å²) >= 11 is 0. The first-order chi connectivity index (χ1) is 7.90. The summed E-state index contributed by atoms with van der Waals surface area (Å²) in [6, 6.07) is 3.45. The van der Waals surface area contributed by atoms with Crippen molar-refractivity contribution in [3.63, 3.8) is 0 Å². The van der Waals surface area contributed by atoms with Crippen LogP contribution in [0.2, 0.25) is 0 Å². The van der Waals surface area contributed by atoms with Gasteiger partial charge in [0.05, 0.1) is 5.92 Å². The van der Waals surface area contributed by atoms with Gasteiger partial charge >= 0.3 is 0 Å². The zero-order chi connectivity index (χ0) is 11.2. The molecule has 0 saturated carbocycles. The van der Waals surface area contributed by atoms with E-state index in [4.69, 9.17) is 0 Å². The van der Waals surface area contributed by atoms with Gasteiger partial charge in [-0.15, -0.1) is 0 Å². The van der Waals surface area contributed by atoms with E-state index >= 15 is 0 Å². The SMILES string of the molecule is O=CC(Cc1ncccn1)c1ncccn1. The van der Waals surface area contributed by atoms with Gasteiger partial charge in [0.15, 0.2) is 0 Å². The molecule has 1 unspecified atom stereocenters. The van der Waals surface area contributed by atoms with E-state index in [2.05, 4.69) is 19.9 Å². The van der Waals surface area contributed by atoms with Crippen LogP contribution < -0.4 is 0 Å². The molecule has 2 aromatic heterocycles. The summed E-state index contributed by atoms with van der Waals surface area (Å²) in [5.74, 6) is 0.737. The maximum absolute atomic E-state index is 11.0. The molecule has 2 aromatic rings. The number of carbonyl (C=O) groups excluding carboxylic acids is 1. The van der Waals surface area contributed by atoms with Crippen molar-refractivity contribution >= 4 is 6.29 Å². The Hall–Kier alpha value is -2.17. The quantitative estimate of drug-likeness (QED) is 0.704. The lowest BCUT2D eigenvalue weighted by molar-refractivity contribution is -0.109. The van der Waals surface area contributed by atoms with Gasteiger partial charge in [0.1, 0.15) is 17.9 Å². The van der Waals surface area contributed by atoms with Crippen LogP contribution in [0.1, 0.15) is 17.6 Å². The number of hydrogen-bond acceptors (Lipinski definition) is 5. The Kier molecular flexibility index (Phi) is 3.28. The highest BCUT2D eigenvalue weighted by Gasteiger charge is 2.14. The Morgan fingerprint density at radius 3 is 2.12 bits per heavy atom. The van der Waals surface area contributed by atoms with E-state index in [1.54, 1.807) is 36.9 Å². The van der Waals surface area contributed by atoms with Crippen LogP contribution in [0, 0.1) is 0 Å². The van der Waals surface area contributed by atoms with Crippen molar-refractivity contribution in [2.75, 3.05) is 0 Å². The van der Waals surface area contributed by atoms with E-state index < -0.39 is 0 Å². The van der Waals surface area contributed by atoms with Gasteiger partial charge in [0.25, 0.3) is 0 Å². The third-order valence-electron chi connectivity index (χ3n) is 2.10. The largest absolute Gasteiger partial charge is 0.303 e. The number of nitrogens with zero attached hydrogens (tertiary/aromatic N) is 4. The van der Waals surface area contributed by atoms with Crippen LogP contribution in [0.5, 0.6) is 0 Å². The number of hydrogen-bond donors (Lipinski definition) is 0. The lowest BCUT2D eigenvalue weighted by Gasteiger charge is -2.06. The van der Waals surface area contributed by atoms with E-state index in [1.807, 2.05) is 0 Å². The van der Waals surface area contributed by atoms with Gasteiger partial charge in [-0.2, -0.15) is 0 Å². The minimum absolute atomic E-state index is 0.386. The highest BCUT2D eigenvalue weighted by atomic mass is 16.1. The zero-order valence-corrected chi connectivity index (χ0v) is 8.52. The zero-order valence-electron chi connectivity index (χ0n) is 8.52. The Balaban J connectivity index is 2.16. The molecule has 0 aliphatic carbocycles. The Morgan fingerprint density at radius 2 is 1.56 bits per heavy atom. The Morgan fingerprint density at radius 1 is 1.00 bits per heavy atom. The number of rotatable bonds is 4. The standard InChI is InChI=1S/C11H10N4O/c16-8-9(11-14-5-2-6-15-11)7-10-12-3-1-4-13-10/h1-6,8-9H,7H2. The van der Waals surface area contributed by atoms with E-state index in [-0.39, 0.29) is 5.92 Å². The van der Waals surface area contributed by atoms with Gasteiger partial charge in [-0.05, 0) is 12.1 Å². The number of aromatic nitrogens is 4. The molecule has 0 radical (unpaired) electrons. The van der Waals surface area contributed by atoms with Crippen molar-refractivity contribution in [2.45, 2.75) is 12.3 Å². The molecule has 80 valence electrons. The molecule has 5 heteroatoms. The van der Waals surface area contributed by atoms with Crippen molar-refractivity contribution in [3.8, 4) is 0 Å². The molecule has 0 fully saturated rings. The van der Waals surface area contributed by atoms with Crippen molar-refractivity contribution in [1.29, 1.82) is 0 Å². The van der Waals surface area contributed by atoms with Crippen LogP contribution in [0.25, 0.3) is 0 Å². The fourth-order valence-electron chi connectivity index (χ4n) is 1.33. The van der Waals surface area contributed by atoms with E-state index in [0.29, 0.717) is 18.1 Å². The number of carbonyl (C=O) groups is 1. The van der Waals surface area contributed by atoms with Crippen molar-refractivity contribution in [1.82, 2.24) is 19.9 Å². The van der Waals surface area contributed by atoms with Gasteiger partial charge in [0.2, 0.25) is 0 Å². The average Bonchev–Trinajstić information content (AvgIpc) is 2.38. The summed E-state index contributed by atoms with van der Waals surface area (Å²) in [7, 11) is 0. The van der Waals surface area contributed by atoms with Gasteiger partial charge < -0.3 is 4.79 Å². The van der Waals surface area contributed by atoms with Gasteiger partial charge in [-0.25, -0.2) is 19.9 Å². The second-order valence-electron chi connectivity index (χ2n) is 3.22. The first kappa shape index (κ1) is 10.4. The molecule has 1 atom stereocenters. The molecule has 0 amide bonds. The molecule has 2 heterocycles. The second-order valence-corrected chi connectivity index (χ2v) is 3.22. The fraction of sp³-hybridized carbons (Fsp3) is 0.182. The maximum atomic E-state index is 11.0. The van der Waals surface area contributed by atoms with E-state index in [1.165, 1.54) is 0 Å². The molecule has 0 aromatic carbocycles. The molecule has 0 N–H and O–H groups in total. The first-order valence-corrected chi connectivity index (χ1v) is 4.88. The summed E-state index contributed by atoms with van der Waals surface area (Å²) in [6.07, 6.45) is 7.78. The molecule has 0 aliphatic heterocycles. The predicted octanol–water partition coefficient (Wildman–Crippen LogP) is 0.792. The van der Waals surface area contributed by atoms with Crippen LogP contribution in [0.4, 0.5) is 0 Å². The third kappa shape index (κ3) is 2.44. The summed E-state index contributed by atoms with van der Waals surface area (Å²) in [6.45, 7) is 0. The van der Waals surface area contributed by atoms with Crippen molar-refractivity contribution in [3.05, 3.63) is 48.6 Å². The summed E-state index contributed by atoms with van der Waals surface area (Å²) in [5, 5.41) is 0. The minimum atomic E-state index is -0.386. The Labute approximate surface area is 92.6 Å². The molecule has 0 aliphatic rings. The lowest BCUT2D eigenvalue weighted by Crippen LogP contribution is -2.10.